The van der Waals surface area contributed by atoms with Crippen LogP contribution >= 0.6 is 0 Å². The van der Waals surface area contributed by atoms with Gasteiger partial charge in [0.2, 0.25) is 0 Å². The maximum absolute atomic E-state index is 12.5. The average molecular weight is 293 g/mol. The van der Waals surface area contributed by atoms with Crippen molar-refractivity contribution < 1.29 is 19.8 Å². The van der Waals surface area contributed by atoms with E-state index >= 15 is 0 Å². The molecule has 1 saturated heterocycles. The second-order valence-corrected chi connectivity index (χ2v) is 5.01. The van der Waals surface area contributed by atoms with Gasteiger partial charge in [0, 0.05) is 25.7 Å². The summed E-state index contributed by atoms with van der Waals surface area (Å²) < 4.78 is 0. The van der Waals surface area contributed by atoms with Crippen LogP contribution < -0.4 is 0 Å². The molecule has 2 N–H and O–H groups in total. The number of carboxylic acid groups (broad SMARTS) is 1. The zero-order valence-electron chi connectivity index (χ0n) is 11.8. The van der Waals surface area contributed by atoms with Gasteiger partial charge in [0.05, 0.1) is 18.3 Å². The monoisotopic (exact) mass is 293 g/mol. The minimum absolute atomic E-state index is 0.0501. The van der Waals surface area contributed by atoms with Crippen molar-refractivity contribution in [1.29, 1.82) is 0 Å². The first kappa shape index (κ1) is 15.2. The number of aliphatic hydroxyl groups excluding tert-OH is 1. The molecule has 0 spiro atoms. The molecule has 21 heavy (non-hydrogen) atoms. The van der Waals surface area contributed by atoms with E-state index in [9.17, 15) is 14.7 Å². The summed E-state index contributed by atoms with van der Waals surface area (Å²) in [4.78, 5) is 30.6. The van der Waals surface area contributed by atoms with Gasteiger partial charge in [0.1, 0.15) is 6.04 Å². The maximum Gasteiger partial charge on any atom is 0.326 e. The van der Waals surface area contributed by atoms with Crippen LogP contribution in [-0.2, 0) is 11.3 Å². The number of carboxylic acids is 1. The molecule has 0 saturated carbocycles. The lowest BCUT2D eigenvalue weighted by Crippen LogP contribution is -2.48. The molecule has 7 nitrogen and oxygen atoms in total. The normalized spacial score (nSPS) is 21.3. The third kappa shape index (κ3) is 3.49. The lowest BCUT2D eigenvalue weighted by atomic mass is 10.2. The molecule has 0 aliphatic carbocycles. The molecule has 0 aromatic carbocycles. The SMILES string of the molecule is CCN(Cc1ccccn1)C(=O)N1C[C@H](O)C[C@@H]1C(=O)O. The highest BCUT2D eigenvalue weighted by Crippen LogP contribution is 2.20. The van der Waals surface area contributed by atoms with E-state index in [1.165, 1.54) is 9.80 Å². The topological polar surface area (TPSA) is 94.0 Å². The number of urea groups is 1. The van der Waals surface area contributed by atoms with E-state index in [4.69, 9.17) is 5.11 Å². The summed E-state index contributed by atoms with van der Waals surface area (Å²) in [5, 5.41) is 18.8. The number of rotatable bonds is 4. The third-order valence-electron chi connectivity index (χ3n) is 3.54. The highest BCUT2D eigenvalue weighted by Gasteiger charge is 2.40. The number of aliphatic hydroxyl groups is 1. The number of pyridine rings is 1. The third-order valence-corrected chi connectivity index (χ3v) is 3.54. The quantitative estimate of drug-likeness (QED) is 0.845. The highest BCUT2D eigenvalue weighted by molar-refractivity contribution is 5.83. The lowest BCUT2D eigenvalue weighted by Gasteiger charge is -2.29. The summed E-state index contributed by atoms with van der Waals surface area (Å²) in [5.74, 6) is -1.09. The fourth-order valence-corrected chi connectivity index (χ4v) is 2.44. The number of likely N-dealkylation sites (tertiary alicyclic amines) is 1. The maximum atomic E-state index is 12.5. The first-order valence-electron chi connectivity index (χ1n) is 6.89. The largest absolute Gasteiger partial charge is 0.480 e. The van der Waals surface area contributed by atoms with Gasteiger partial charge in [0.15, 0.2) is 0 Å². The van der Waals surface area contributed by atoms with Crippen LogP contribution in [0.4, 0.5) is 4.79 Å². The highest BCUT2D eigenvalue weighted by atomic mass is 16.4. The Bertz CT molecular complexity index is 508. The van der Waals surface area contributed by atoms with Crippen LogP contribution in [0, 0.1) is 0 Å². The number of β-amino-alcohol motifs (C(OH)–C–C–N with tert-alkyl or cyclic N) is 1. The van der Waals surface area contributed by atoms with Crippen molar-refractivity contribution in [3.05, 3.63) is 30.1 Å². The van der Waals surface area contributed by atoms with E-state index in [1.807, 2.05) is 19.1 Å². The summed E-state index contributed by atoms with van der Waals surface area (Å²) in [7, 11) is 0. The molecule has 1 aromatic heterocycles. The Kier molecular flexibility index (Phi) is 4.74. The summed E-state index contributed by atoms with van der Waals surface area (Å²) in [5.41, 5.74) is 0.735. The van der Waals surface area contributed by atoms with Crippen LogP contribution in [0.3, 0.4) is 0 Å². The fourth-order valence-electron chi connectivity index (χ4n) is 2.44. The molecule has 0 bridgehead atoms. The van der Waals surface area contributed by atoms with Crippen molar-refractivity contribution in [3.8, 4) is 0 Å². The minimum atomic E-state index is -1.09. The summed E-state index contributed by atoms with van der Waals surface area (Å²) in [6.07, 6.45) is 0.929. The predicted molar refractivity (Wildman–Crippen MR) is 74.5 cm³/mol. The van der Waals surface area contributed by atoms with E-state index in [1.54, 1.807) is 12.3 Å². The number of aliphatic carboxylic acids is 1. The molecule has 1 aromatic rings. The number of carbonyl (C=O) groups is 2. The number of hydrogen-bond donors (Lipinski definition) is 2. The van der Waals surface area contributed by atoms with Gasteiger partial charge in [-0.25, -0.2) is 9.59 Å². The Morgan fingerprint density at radius 1 is 1.48 bits per heavy atom. The molecule has 0 unspecified atom stereocenters. The smallest absolute Gasteiger partial charge is 0.326 e. The zero-order valence-corrected chi connectivity index (χ0v) is 11.8. The Labute approximate surface area is 122 Å². The Hall–Kier alpha value is -2.15. The second kappa shape index (κ2) is 6.53. The summed E-state index contributed by atoms with van der Waals surface area (Å²) in [6.45, 7) is 2.63. The molecule has 2 atom stereocenters. The number of amides is 2. The van der Waals surface area contributed by atoms with Gasteiger partial charge in [-0.1, -0.05) is 6.07 Å². The first-order valence-corrected chi connectivity index (χ1v) is 6.89. The number of hydrogen-bond acceptors (Lipinski definition) is 4. The van der Waals surface area contributed by atoms with Crippen LogP contribution in [0.25, 0.3) is 0 Å². The van der Waals surface area contributed by atoms with Gasteiger partial charge in [-0.2, -0.15) is 0 Å². The van der Waals surface area contributed by atoms with Crippen molar-refractivity contribution in [3.63, 3.8) is 0 Å². The first-order chi connectivity index (χ1) is 10.0. The average Bonchev–Trinajstić information content (AvgIpc) is 2.87. The molecule has 0 radical (unpaired) electrons. The Balaban J connectivity index is 2.10. The lowest BCUT2D eigenvalue weighted by molar-refractivity contribution is -0.141. The number of nitrogens with zero attached hydrogens (tertiary/aromatic N) is 3. The van der Waals surface area contributed by atoms with Crippen molar-refractivity contribution >= 4 is 12.0 Å². The fraction of sp³-hybridized carbons (Fsp3) is 0.500. The molecule has 1 aliphatic rings. The second-order valence-electron chi connectivity index (χ2n) is 5.01. The van der Waals surface area contributed by atoms with Gasteiger partial charge < -0.3 is 20.0 Å². The molecule has 1 fully saturated rings. The van der Waals surface area contributed by atoms with Crippen LogP contribution in [0.1, 0.15) is 19.0 Å². The van der Waals surface area contributed by atoms with E-state index in [2.05, 4.69) is 4.98 Å². The predicted octanol–water partition coefficient (Wildman–Crippen LogP) is 0.543. The van der Waals surface area contributed by atoms with Crippen LogP contribution in [0.15, 0.2) is 24.4 Å². The molecule has 114 valence electrons. The minimum Gasteiger partial charge on any atom is -0.480 e. The van der Waals surface area contributed by atoms with Gasteiger partial charge >= 0.3 is 12.0 Å². The molecular formula is C14H19N3O4. The van der Waals surface area contributed by atoms with Crippen molar-refractivity contribution in [1.82, 2.24) is 14.8 Å². The Morgan fingerprint density at radius 3 is 2.81 bits per heavy atom. The van der Waals surface area contributed by atoms with Crippen molar-refractivity contribution in [2.24, 2.45) is 0 Å². The van der Waals surface area contributed by atoms with E-state index in [-0.39, 0.29) is 19.0 Å². The van der Waals surface area contributed by atoms with Gasteiger partial charge in [0.25, 0.3) is 0 Å². The Morgan fingerprint density at radius 2 is 2.24 bits per heavy atom. The van der Waals surface area contributed by atoms with Crippen molar-refractivity contribution in [2.45, 2.75) is 32.0 Å². The molecule has 2 heterocycles. The standard InChI is InChI=1S/C14H19N3O4/c1-2-16(8-10-5-3-4-6-15-10)14(21)17-9-11(18)7-12(17)13(19)20/h3-6,11-12,18H,2,7-9H2,1H3,(H,19,20)/t11-,12-/m1/s1. The van der Waals surface area contributed by atoms with Gasteiger partial charge in [-0.05, 0) is 19.1 Å². The van der Waals surface area contributed by atoms with E-state index in [0.29, 0.717) is 13.1 Å². The van der Waals surface area contributed by atoms with Gasteiger partial charge in [-0.3, -0.25) is 4.98 Å². The van der Waals surface area contributed by atoms with Crippen LogP contribution in [0.5, 0.6) is 0 Å². The summed E-state index contributed by atoms with van der Waals surface area (Å²) in [6, 6.07) is 4.08. The zero-order chi connectivity index (χ0) is 15.4. The molecule has 7 heteroatoms. The van der Waals surface area contributed by atoms with Gasteiger partial charge in [-0.15, -0.1) is 0 Å². The molecule has 2 amide bonds. The number of aromatic nitrogens is 1. The summed E-state index contributed by atoms with van der Waals surface area (Å²) >= 11 is 0. The molecule has 1 aliphatic heterocycles. The van der Waals surface area contributed by atoms with Crippen LogP contribution in [-0.4, -0.2) is 62.2 Å². The van der Waals surface area contributed by atoms with Crippen molar-refractivity contribution in [2.75, 3.05) is 13.1 Å². The van der Waals surface area contributed by atoms with E-state index in [0.717, 1.165) is 5.69 Å². The van der Waals surface area contributed by atoms with E-state index < -0.39 is 18.1 Å². The molecule has 2 rings (SSSR count). The number of carbonyl (C=O) groups excluding carboxylic acids is 1. The van der Waals surface area contributed by atoms with Crippen LogP contribution in [0.2, 0.25) is 0 Å². The molecular weight excluding hydrogens is 274 g/mol.